The molecule has 0 aliphatic rings. The number of nitrogens with zero attached hydrogens (tertiary/aromatic N) is 1. The average Bonchev–Trinajstić information content (AvgIpc) is 2.84. The van der Waals surface area contributed by atoms with E-state index in [2.05, 4.69) is 15.0 Å². The molecule has 34 heavy (non-hydrogen) atoms. The number of pyridine rings is 1. The van der Waals surface area contributed by atoms with Crippen molar-refractivity contribution in [3.63, 3.8) is 0 Å². The molecule has 1 aromatic heterocycles. The Morgan fingerprint density at radius 1 is 0.853 bits per heavy atom. The van der Waals surface area contributed by atoms with Crippen LogP contribution in [0.1, 0.15) is 12.0 Å². The van der Waals surface area contributed by atoms with Crippen LogP contribution < -0.4 is 10.0 Å². The van der Waals surface area contributed by atoms with Crippen LogP contribution in [0.4, 0.5) is 0 Å². The Balaban J connectivity index is 1.37. The lowest BCUT2D eigenvalue weighted by atomic mass is 10.0. The highest BCUT2D eigenvalue weighted by molar-refractivity contribution is 7.89. The molecule has 0 bridgehead atoms. The standard InChI is InChI=1S/C26H25Cl2N3O2S/c27-23-9-8-20(25(28)17-23)7-4-11-29-13-14-31-34(32,33)26-16-21(19-5-2-1-3-6-19)15-22-18-30-12-10-24(22)26/h1-3,5-6,8-10,12,15-18,29,31H,4,7,11,13-14H2. The van der Waals surface area contributed by atoms with Gasteiger partial charge in [0.2, 0.25) is 10.0 Å². The number of rotatable bonds is 10. The van der Waals surface area contributed by atoms with Gasteiger partial charge < -0.3 is 5.32 Å². The molecule has 2 N–H and O–H groups in total. The molecule has 0 aliphatic carbocycles. The van der Waals surface area contributed by atoms with Gasteiger partial charge in [-0.05, 0) is 66.4 Å². The Kier molecular flexibility index (Phi) is 8.19. The first kappa shape index (κ1) is 24.6. The number of nitrogens with one attached hydrogen (secondary N) is 2. The maximum absolute atomic E-state index is 13.2. The number of hydrogen-bond donors (Lipinski definition) is 2. The molecule has 0 spiro atoms. The first-order valence-corrected chi connectivity index (χ1v) is 13.3. The molecule has 0 aliphatic heterocycles. The molecule has 8 heteroatoms. The van der Waals surface area contributed by atoms with E-state index in [1.54, 1.807) is 30.6 Å². The predicted octanol–water partition coefficient (Wildman–Crippen LogP) is 5.71. The minimum absolute atomic E-state index is 0.253. The van der Waals surface area contributed by atoms with Crippen molar-refractivity contribution in [2.24, 2.45) is 0 Å². The van der Waals surface area contributed by atoms with E-state index in [1.165, 1.54) is 0 Å². The maximum atomic E-state index is 13.2. The Labute approximate surface area is 210 Å². The molecule has 0 fully saturated rings. The second-order valence-corrected chi connectivity index (χ2v) is 10.5. The van der Waals surface area contributed by atoms with Crippen molar-refractivity contribution >= 4 is 44.0 Å². The summed E-state index contributed by atoms with van der Waals surface area (Å²) in [6.45, 7) is 1.55. The van der Waals surface area contributed by atoms with Crippen LogP contribution in [0.5, 0.6) is 0 Å². The maximum Gasteiger partial charge on any atom is 0.241 e. The highest BCUT2D eigenvalue weighted by Crippen LogP contribution is 2.30. The van der Waals surface area contributed by atoms with Crippen LogP contribution in [0.3, 0.4) is 0 Å². The Hall–Kier alpha value is -2.48. The van der Waals surface area contributed by atoms with E-state index in [-0.39, 0.29) is 11.4 Å². The van der Waals surface area contributed by atoms with Gasteiger partial charge >= 0.3 is 0 Å². The zero-order valence-corrected chi connectivity index (χ0v) is 20.8. The summed E-state index contributed by atoms with van der Waals surface area (Å²) < 4.78 is 29.1. The predicted molar refractivity (Wildman–Crippen MR) is 140 cm³/mol. The zero-order chi connectivity index (χ0) is 24.0. The van der Waals surface area contributed by atoms with Crippen molar-refractivity contribution in [2.45, 2.75) is 17.7 Å². The number of aromatic nitrogens is 1. The number of halogens is 2. The molecular formula is C26H25Cl2N3O2S. The smallest absolute Gasteiger partial charge is 0.241 e. The Bertz CT molecular complexity index is 1380. The van der Waals surface area contributed by atoms with Gasteiger partial charge in [-0.3, -0.25) is 4.98 Å². The summed E-state index contributed by atoms with van der Waals surface area (Å²) in [7, 11) is -3.71. The summed E-state index contributed by atoms with van der Waals surface area (Å²) in [5.41, 5.74) is 2.83. The van der Waals surface area contributed by atoms with Crippen LogP contribution in [0.25, 0.3) is 21.9 Å². The van der Waals surface area contributed by atoms with Gasteiger partial charge in [-0.25, -0.2) is 13.1 Å². The van der Waals surface area contributed by atoms with Crippen LogP contribution in [-0.4, -0.2) is 33.0 Å². The van der Waals surface area contributed by atoms with Crippen LogP contribution in [0, 0.1) is 0 Å². The minimum Gasteiger partial charge on any atom is -0.315 e. The summed E-state index contributed by atoms with van der Waals surface area (Å²) in [5.74, 6) is 0. The normalized spacial score (nSPS) is 11.7. The first-order valence-electron chi connectivity index (χ1n) is 11.0. The number of aryl methyl sites for hydroxylation is 1. The van der Waals surface area contributed by atoms with Crippen molar-refractivity contribution in [1.29, 1.82) is 0 Å². The van der Waals surface area contributed by atoms with Gasteiger partial charge in [-0.15, -0.1) is 0 Å². The van der Waals surface area contributed by atoms with Gasteiger partial charge in [0, 0.05) is 46.3 Å². The van der Waals surface area contributed by atoms with Crippen molar-refractivity contribution in [3.8, 4) is 11.1 Å². The van der Waals surface area contributed by atoms with Crippen LogP contribution in [0.15, 0.2) is 84.0 Å². The van der Waals surface area contributed by atoms with Gasteiger partial charge in [0.05, 0.1) is 4.90 Å². The summed E-state index contributed by atoms with van der Waals surface area (Å²) >= 11 is 12.1. The highest BCUT2D eigenvalue weighted by atomic mass is 35.5. The lowest BCUT2D eigenvalue weighted by Gasteiger charge is -2.13. The molecule has 0 radical (unpaired) electrons. The summed E-state index contributed by atoms with van der Waals surface area (Å²) in [6, 6.07) is 20.6. The fourth-order valence-electron chi connectivity index (χ4n) is 3.80. The number of benzene rings is 3. The lowest BCUT2D eigenvalue weighted by Crippen LogP contribution is -2.32. The Morgan fingerprint density at radius 3 is 2.47 bits per heavy atom. The molecule has 0 atom stereocenters. The molecule has 0 unspecified atom stereocenters. The van der Waals surface area contributed by atoms with Gasteiger partial charge in [-0.1, -0.05) is 59.6 Å². The summed E-state index contributed by atoms with van der Waals surface area (Å²) in [5, 5.41) is 6.00. The minimum atomic E-state index is -3.71. The fraction of sp³-hybridized carbons (Fsp3) is 0.192. The van der Waals surface area contributed by atoms with Gasteiger partial charge in [0.25, 0.3) is 0 Å². The van der Waals surface area contributed by atoms with Gasteiger partial charge in [-0.2, -0.15) is 0 Å². The Morgan fingerprint density at radius 2 is 1.68 bits per heavy atom. The lowest BCUT2D eigenvalue weighted by molar-refractivity contribution is 0.575. The third-order valence-corrected chi connectivity index (χ3v) is 7.61. The van der Waals surface area contributed by atoms with Crippen molar-refractivity contribution < 1.29 is 8.42 Å². The molecule has 1 heterocycles. The second-order valence-electron chi connectivity index (χ2n) is 7.92. The van der Waals surface area contributed by atoms with E-state index >= 15 is 0 Å². The quantitative estimate of drug-likeness (QED) is 0.266. The second kappa shape index (κ2) is 11.3. The molecule has 5 nitrogen and oxygen atoms in total. The topological polar surface area (TPSA) is 71.1 Å². The molecule has 176 valence electrons. The molecule has 0 saturated carbocycles. The van der Waals surface area contributed by atoms with E-state index in [0.29, 0.717) is 22.0 Å². The third kappa shape index (κ3) is 6.14. The van der Waals surface area contributed by atoms with E-state index in [1.807, 2.05) is 48.5 Å². The molecule has 4 rings (SSSR count). The fourth-order valence-corrected chi connectivity index (χ4v) is 5.59. The average molecular weight is 514 g/mol. The van der Waals surface area contributed by atoms with E-state index in [9.17, 15) is 8.42 Å². The molecule has 3 aromatic carbocycles. The van der Waals surface area contributed by atoms with E-state index in [0.717, 1.165) is 41.5 Å². The summed E-state index contributed by atoms with van der Waals surface area (Å²) in [6.07, 6.45) is 5.00. The SMILES string of the molecule is O=S(=O)(NCCNCCCc1ccc(Cl)cc1Cl)c1cc(-c2ccccc2)cc2cnccc12. The van der Waals surface area contributed by atoms with Gasteiger partial charge in [0.15, 0.2) is 0 Å². The van der Waals surface area contributed by atoms with Crippen LogP contribution in [0.2, 0.25) is 10.0 Å². The monoisotopic (exact) mass is 513 g/mol. The zero-order valence-electron chi connectivity index (χ0n) is 18.5. The van der Waals surface area contributed by atoms with Crippen molar-refractivity contribution in [2.75, 3.05) is 19.6 Å². The number of hydrogen-bond acceptors (Lipinski definition) is 4. The summed E-state index contributed by atoms with van der Waals surface area (Å²) in [4.78, 5) is 4.42. The highest BCUT2D eigenvalue weighted by Gasteiger charge is 2.18. The van der Waals surface area contributed by atoms with E-state index < -0.39 is 10.0 Å². The molecule has 0 amide bonds. The molecule has 4 aromatic rings. The number of fused-ring (bicyclic) bond motifs is 1. The van der Waals surface area contributed by atoms with Crippen LogP contribution in [-0.2, 0) is 16.4 Å². The van der Waals surface area contributed by atoms with Gasteiger partial charge in [0.1, 0.15) is 0 Å². The van der Waals surface area contributed by atoms with Crippen molar-refractivity contribution in [1.82, 2.24) is 15.0 Å². The first-order chi connectivity index (χ1) is 16.4. The molecule has 0 saturated heterocycles. The third-order valence-electron chi connectivity index (χ3n) is 5.52. The largest absolute Gasteiger partial charge is 0.315 e. The van der Waals surface area contributed by atoms with Crippen LogP contribution >= 0.6 is 23.2 Å². The molecular weight excluding hydrogens is 489 g/mol. The van der Waals surface area contributed by atoms with E-state index in [4.69, 9.17) is 23.2 Å². The van der Waals surface area contributed by atoms with Crippen molar-refractivity contribution in [3.05, 3.63) is 94.7 Å². The number of sulfonamides is 1.